The van der Waals surface area contributed by atoms with Gasteiger partial charge in [-0.15, -0.1) is 0 Å². The molecule has 31 heavy (non-hydrogen) atoms. The number of carbonyl (C=O) groups excluding carboxylic acids is 1. The summed E-state index contributed by atoms with van der Waals surface area (Å²) in [5.74, 6) is 0.574. The first kappa shape index (κ1) is 19.8. The minimum Gasteiger partial charge on any atom is -0.494 e. The lowest BCUT2D eigenvalue weighted by Gasteiger charge is -2.36. The maximum Gasteiger partial charge on any atom is 0.277 e. The van der Waals surface area contributed by atoms with Gasteiger partial charge in [-0.05, 0) is 49.0 Å². The molecule has 158 valence electrons. The predicted octanol–water partition coefficient (Wildman–Crippen LogP) is 4.39. The molecule has 3 aromatic carbocycles. The molecule has 0 aliphatic carbocycles. The molecule has 2 aliphatic rings. The van der Waals surface area contributed by atoms with Gasteiger partial charge in [0.2, 0.25) is 0 Å². The van der Waals surface area contributed by atoms with E-state index in [2.05, 4.69) is 57.3 Å². The van der Waals surface area contributed by atoms with Gasteiger partial charge < -0.3 is 9.64 Å². The van der Waals surface area contributed by atoms with Gasteiger partial charge in [-0.25, -0.2) is 4.99 Å². The van der Waals surface area contributed by atoms with Crippen LogP contribution in [0.1, 0.15) is 28.8 Å². The summed E-state index contributed by atoms with van der Waals surface area (Å²) in [5.41, 5.74) is 2.87. The molecule has 3 aromatic rings. The molecule has 1 amide bonds. The summed E-state index contributed by atoms with van der Waals surface area (Å²) in [5, 5.41) is 2.65. The normalized spacial score (nSPS) is 16.1. The standard InChI is InChI=1S/C26H27N3O2/c30-26-24-18-22(11-10-21(24)19-27-26)31-17-4-3-12-28-13-15-29(16-14-28)25-9-5-7-20-6-1-2-8-23(20)25/h1-2,5-11,18-19H,3-4,12-17H2. The first-order valence-corrected chi connectivity index (χ1v) is 11.1. The Labute approximate surface area is 182 Å². The van der Waals surface area contributed by atoms with Gasteiger partial charge >= 0.3 is 0 Å². The van der Waals surface area contributed by atoms with Gasteiger partial charge in [0.15, 0.2) is 0 Å². The average Bonchev–Trinajstić information content (AvgIpc) is 3.19. The molecule has 0 atom stereocenters. The van der Waals surface area contributed by atoms with E-state index in [1.54, 1.807) is 12.3 Å². The molecule has 2 heterocycles. The Bertz CT molecular complexity index is 1110. The lowest BCUT2D eigenvalue weighted by atomic mass is 10.1. The van der Waals surface area contributed by atoms with Crippen LogP contribution in [0.15, 0.2) is 65.7 Å². The Morgan fingerprint density at radius 1 is 0.903 bits per heavy atom. The maximum absolute atomic E-state index is 11.7. The molecule has 5 rings (SSSR count). The van der Waals surface area contributed by atoms with Crippen molar-refractivity contribution in [3.63, 3.8) is 0 Å². The van der Waals surface area contributed by atoms with E-state index in [1.165, 1.54) is 16.5 Å². The molecule has 0 saturated carbocycles. The average molecular weight is 414 g/mol. The number of nitrogens with zero attached hydrogens (tertiary/aromatic N) is 3. The van der Waals surface area contributed by atoms with Gasteiger partial charge in [-0.3, -0.25) is 9.69 Å². The smallest absolute Gasteiger partial charge is 0.277 e. The second-order valence-corrected chi connectivity index (χ2v) is 8.19. The fourth-order valence-electron chi connectivity index (χ4n) is 4.44. The molecule has 1 saturated heterocycles. The molecule has 5 nitrogen and oxygen atoms in total. The van der Waals surface area contributed by atoms with Crippen LogP contribution in [-0.4, -0.2) is 56.4 Å². The van der Waals surface area contributed by atoms with Crippen LogP contribution in [0.2, 0.25) is 0 Å². The summed E-state index contributed by atoms with van der Waals surface area (Å²) < 4.78 is 5.85. The molecular weight excluding hydrogens is 386 g/mol. The van der Waals surface area contributed by atoms with Gasteiger partial charge in [0.1, 0.15) is 5.75 Å². The SMILES string of the molecule is O=C1N=Cc2ccc(OCCCCN3CCN(c4cccc5ccccc45)CC3)cc21. The van der Waals surface area contributed by atoms with Crippen molar-refractivity contribution < 1.29 is 9.53 Å². The molecule has 0 N–H and O–H groups in total. The third kappa shape index (κ3) is 4.32. The fourth-order valence-corrected chi connectivity index (χ4v) is 4.44. The van der Waals surface area contributed by atoms with Gasteiger partial charge in [0, 0.05) is 49.0 Å². The Balaban J connectivity index is 1.05. The lowest BCUT2D eigenvalue weighted by Crippen LogP contribution is -2.46. The number of carbonyl (C=O) groups is 1. The van der Waals surface area contributed by atoms with E-state index < -0.39 is 0 Å². The van der Waals surface area contributed by atoms with E-state index in [0.717, 1.165) is 56.9 Å². The number of anilines is 1. The van der Waals surface area contributed by atoms with Crippen molar-refractivity contribution in [2.24, 2.45) is 4.99 Å². The second-order valence-electron chi connectivity index (χ2n) is 8.19. The van der Waals surface area contributed by atoms with Crippen LogP contribution in [0.25, 0.3) is 10.8 Å². The number of amides is 1. The van der Waals surface area contributed by atoms with Gasteiger partial charge in [0.25, 0.3) is 5.91 Å². The van der Waals surface area contributed by atoms with E-state index in [0.29, 0.717) is 12.2 Å². The summed E-state index contributed by atoms with van der Waals surface area (Å²) >= 11 is 0. The zero-order chi connectivity index (χ0) is 21.0. The van der Waals surface area contributed by atoms with Crippen LogP contribution in [0.4, 0.5) is 5.69 Å². The Kier molecular flexibility index (Phi) is 5.67. The van der Waals surface area contributed by atoms with E-state index in [-0.39, 0.29) is 5.91 Å². The number of hydrogen-bond acceptors (Lipinski definition) is 4. The van der Waals surface area contributed by atoms with Crippen LogP contribution < -0.4 is 9.64 Å². The molecular formula is C26H27N3O2. The third-order valence-corrected chi connectivity index (χ3v) is 6.19. The topological polar surface area (TPSA) is 45.1 Å². The molecule has 2 aliphatic heterocycles. The number of fused-ring (bicyclic) bond motifs is 2. The quantitative estimate of drug-likeness (QED) is 0.539. The number of ether oxygens (including phenoxy) is 1. The largest absolute Gasteiger partial charge is 0.494 e. The first-order chi connectivity index (χ1) is 15.3. The van der Waals surface area contributed by atoms with Crippen molar-refractivity contribution in [2.45, 2.75) is 12.8 Å². The summed E-state index contributed by atoms with van der Waals surface area (Å²) in [6, 6.07) is 20.8. The van der Waals surface area contributed by atoms with Crippen LogP contribution in [0, 0.1) is 0 Å². The zero-order valence-corrected chi connectivity index (χ0v) is 17.7. The minimum absolute atomic E-state index is 0.178. The van der Waals surface area contributed by atoms with Crippen molar-refractivity contribution in [3.8, 4) is 5.75 Å². The fraction of sp³-hybridized carbons (Fsp3) is 0.308. The second kappa shape index (κ2) is 8.90. The van der Waals surface area contributed by atoms with Crippen LogP contribution in [0.5, 0.6) is 5.75 Å². The summed E-state index contributed by atoms with van der Waals surface area (Å²) in [4.78, 5) is 20.6. The minimum atomic E-state index is -0.178. The van der Waals surface area contributed by atoms with E-state index in [1.807, 2.05) is 12.1 Å². The third-order valence-electron chi connectivity index (χ3n) is 6.19. The molecule has 0 unspecified atom stereocenters. The lowest BCUT2D eigenvalue weighted by molar-refractivity contribution is 0.101. The Hall–Kier alpha value is -3.18. The van der Waals surface area contributed by atoms with Crippen molar-refractivity contribution in [1.82, 2.24) is 4.90 Å². The number of benzene rings is 3. The van der Waals surface area contributed by atoms with E-state index >= 15 is 0 Å². The number of rotatable bonds is 7. The highest BCUT2D eigenvalue weighted by atomic mass is 16.5. The van der Waals surface area contributed by atoms with Crippen LogP contribution in [-0.2, 0) is 0 Å². The van der Waals surface area contributed by atoms with E-state index in [4.69, 9.17) is 4.74 Å². The molecule has 0 aromatic heterocycles. The molecule has 1 fully saturated rings. The number of hydrogen-bond donors (Lipinski definition) is 0. The molecule has 0 radical (unpaired) electrons. The van der Waals surface area contributed by atoms with Crippen LogP contribution in [0.3, 0.4) is 0 Å². The summed E-state index contributed by atoms with van der Waals surface area (Å²) in [6.07, 6.45) is 3.73. The van der Waals surface area contributed by atoms with Crippen molar-refractivity contribution in [2.75, 3.05) is 44.2 Å². The molecule has 0 bridgehead atoms. The summed E-state index contributed by atoms with van der Waals surface area (Å²) in [7, 11) is 0. The maximum atomic E-state index is 11.7. The van der Waals surface area contributed by atoms with Crippen molar-refractivity contribution >= 4 is 28.6 Å². The number of piperazine rings is 1. The molecule has 0 spiro atoms. The highest BCUT2D eigenvalue weighted by molar-refractivity contribution is 6.13. The number of aliphatic imine (C=N–C) groups is 1. The van der Waals surface area contributed by atoms with E-state index in [9.17, 15) is 4.79 Å². The molecule has 5 heteroatoms. The first-order valence-electron chi connectivity index (χ1n) is 11.1. The van der Waals surface area contributed by atoms with Gasteiger partial charge in [-0.1, -0.05) is 36.4 Å². The Morgan fingerprint density at radius 3 is 2.65 bits per heavy atom. The highest BCUT2D eigenvalue weighted by Gasteiger charge is 2.18. The monoisotopic (exact) mass is 413 g/mol. The Morgan fingerprint density at radius 2 is 1.74 bits per heavy atom. The summed E-state index contributed by atoms with van der Waals surface area (Å²) in [6.45, 7) is 6.09. The van der Waals surface area contributed by atoms with Crippen molar-refractivity contribution in [1.29, 1.82) is 0 Å². The van der Waals surface area contributed by atoms with Crippen LogP contribution >= 0.6 is 0 Å². The highest BCUT2D eigenvalue weighted by Crippen LogP contribution is 2.27. The van der Waals surface area contributed by atoms with Gasteiger partial charge in [-0.2, -0.15) is 0 Å². The number of unbranched alkanes of at least 4 members (excludes halogenated alkanes) is 1. The predicted molar refractivity (Wildman–Crippen MR) is 126 cm³/mol. The zero-order valence-electron chi connectivity index (χ0n) is 17.7. The van der Waals surface area contributed by atoms with Gasteiger partial charge in [0.05, 0.1) is 12.2 Å². The van der Waals surface area contributed by atoms with Crippen molar-refractivity contribution in [3.05, 3.63) is 71.8 Å².